The summed E-state index contributed by atoms with van der Waals surface area (Å²) in [5.74, 6) is 1.20. The van der Waals surface area contributed by atoms with Crippen molar-refractivity contribution >= 4 is 11.8 Å². The molecule has 0 aromatic heterocycles. The zero-order valence-electron chi connectivity index (χ0n) is 7.66. The van der Waals surface area contributed by atoms with Gasteiger partial charge in [-0.1, -0.05) is 6.42 Å². The van der Waals surface area contributed by atoms with Crippen molar-refractivity contribution in [2.24, 2.45) is 0 Å². The van der Waals surface area contributed by atoms with Crippen LogP contribution in [0.2, 0.25) is 0 Å². The summed E-state index contributed by atoms with van der Waals surface area (Å²) in [5.41, 5.74) is 0. The summed E-state index contributed by atoms with van der Waals surface area (Å²) < 4.78 is 5.19. The normalized spacial score (nSPS) is 27.0. The summed E-state index contributed by atoms with van der Waals surface area (Å²) in [6, 6.07) is 0. The highest BCUT2D eigenvalue weighted by molar-refractivity contribution is 8.00. The highest BCUT2D eigenvalue weighted by atomic mass is 32.2. The van der Waals surface area contributed by atoms with E-state index in [1.54, 1.807) is 0 Å². The molecule has 0 amide bonds. The van der Waals surface area contributed by atoms with E-state index >= 15 is 0 Å². The molecule has 2 unspecified atom stereocenters. The Balaban J connectivity index is 2.15. The van der Waals surface area contributed by atoms with E-state index in [-0.39, 0.29) is 6.10 Å². The second-order valence-corrected chi connectivity index (χ2v) is 4.48. The molecule has 0 bridgehead atoms. The zero-order valence-corrected chi connectivity index (χ0v) is 8.48. The summed E-state index contributed by atoms with van der Waals surface area (Å²) in [6.07, 6.45) is 3.47. The van der Waals surface area contributed by atoms with Crippen LogP contribution in [0, 0.1) is 0 Å². The van der Waals surface area contributed by atoms with Crippen LogP contribution in [0.3, 0.4) is 0 Å². The standard InChI is InChI=1S/C9H18O2S/c1-2-11-7-8(10)9-5-3-4-6-12-9/h8-10H,2-7H2,1H3. The van der Waals surface area contributed by atoms with Crippen molar-refractivity contribution in [1.29, 1.82) is 0 Å². The lowest BCUT2D eigenvalue weighted by atomic mass is 10.1. The number of hydrogen-bond donors (Lipinski definition) is 1. The van der Waals surface area contributed by atoms with Gasteiger partial charge in [0.15, 0.2) is 0 Å². The highest BCUT2D eigenvalue weighted by Crippen LogP contribution is 2.27. The fourth-order valence-corrected chi connectivity index (χ4v) is 2.72. The van der Waals surface area contributed by atoms with E-state index in [0.29, 0.717) is 18.5 Å². The van der Waals surface area contributed by atoms with E-state index in [1.807, 2.05) is 18.7 Å². The van der Waals surface area contributed by atoms with E-state index in [1.165, 1.54) is 18.6 Å². The van der Waals surface area contributed by atoms with Gasteiger partial charge in [-0.25, -0.2) is 0 Å². The molecule has 0 aliphatic carbocycles. The quantitative estimate of drug-likeness (QED) is 0.731. The highest BCUT2D eigenvalue weighted by Gasteiger charge is 2.21. The van der Waals surface area contributed by atoms with Crippen molar-refractivity contribution in [3.8, 4) is 0 Å². The zero-order chi connectivity index (χ0) is 8.81. The summed E-state index contributed by atoms with van der Waals surface area (Å²) >= 11 is 1.89. The Morgan fingerprint density at radius 1 is 1.58 bits per heavy atom. The molecule has 72 valence electrons. The minimum atomic E-state index is -0.254. The maximum Gasteiger partial charge on any atom is 0.0891 e. The average molecular weight is 190 g/mol. The van der Waals surface area contributed by atoms with Crippen LogP contribution in [-0.4, -0.2) is 35.4 Å². The van der Waals surface area contributed by atoms with Crippen LogP contribution in [0.1, 0.15) is 26.2 Å². The van der Waals surface area contributed by atoms with E-state index in [0.717, 1.165) is 6.42 Å². The number of ether oxygens (including phenoxy) is 1. The van der Waals surface area contributed by atoms with Crippen molar-refractivity contribution in [3.05, 3.63) is 0 Å². The molecule has 1 fully saturated rings. The first kappa shape index (κ1) is 10.4. The molecule has 1 saturated heterocycles. The summed E-state index contributed by atoms with van der Waals surface area (Å²) in [7, 11) is 0. The van der Waals surface area contributed by atoms with E-state index in [9.17, 15) is 5.11 Å². The van der Waals surface area contributed by atoms with Crippen molar-refractivity contribution in [2.45, 2.75) is 37.5 Å². The van der Waals surface area contributed by atoms with Crippen LogP contribution >= 0.6 is 11.8 Å². The fourth-order valence-electron chi connectivity index (χ4n) is 1.42. The molecule has 1 N–H and O–H groups in total. The smallest absolute Gasteiger partial charge is 0.0891 e. The largest absolute Gasteiger partial charge is 0.390 e. The Labute approximate surface area is 78.7 Å². The maximum atomic E-state index is 9.66. The van der Waals surface area contributed by atoms with Gasteiger partial charge in [0.2, 0.25) is 0 Å². The van der Waals surface area contributed by atoms with Crippen LogP contribution in [-0.2, 0) is 4.74 Å². The average Bonchev–Trinajstić information content (AvgIpc) is 2.15. The molecule has 0 aromatic carbocycles. The van der Waals surface area contributed by atoms with Gasteiger partial charge >= 0.3 is 0 Å². The Morgan fingerprint density at radius 3 is 3.00 bits per heavy atom. The maximum absolute atomic E-state index is 9.66. The van der Waals surface area contributed by atoms with Gasteiger partial charge in [-0.3, -0.25) is 0 Å². The minimum Gasteiger partial charge on any atom is -0.390 e. The van der Waals surface area contributed by atoms with Crippen LogP contribution in [0.25, 0.3) is 0 Å². The predicted octanol–water partition coefficient (Wildman–Crippen LogP) is 1.67. The van der Waals surface area contributed by atoms with Gasteiger partial charge in [0.05, 0.1) is 12.7 Å². The summed E-state index contributed by atoms with van der Waals surface area (Å²) in [4.78, 5) is 0. The SMILES string of the molecule is CCOCC(O)C1CCCCS1. The molecule has 1 aliphatic rings. The number of rotatable bonds is 4. The minimum absolute atomic E-state index is 0.254. The third kappa shape index (κ3) is 3.33. The number of hydrogen-bond acceptors (Lipinski definition) is 3. The number of aliphatic hydroxyl groups is 1. The summed E-state index contributed by atoms with van der Waals surface area (Å²) in [5, 5.41) is 10.1. The van der Waals surface area contributed by atoms with Crippen LogP contribution < -0.4 is 0 Å². The lowest BCUT2D eigenvalue weighted by Gasteiger charge is -2.25. The molecule has 1 aliphatic heterocycles. The van der Waals surface area contributed by atoms with Gasteiger partial charge in [-0.15, -0.1) is 0 Å². The lowest BCUT2D eigenvalue weighted by Crippen LogP contribution is -2.30. The second kappa shape index (κ2) is 5.84. The number of thioether (sulfide) groups is 1. The van der Waals surface area contributed by atoms with Gasteiger partial charge in [0.1, 0.15) is 0 Å². The molecule has 2 atom stereocenters. The molecule has 0 aromatic rings. The number of aliphatic hydroxyl groups excluding tert-OH is 1. The summed E-state index contributed by atoms with van der Waals surface area (Å²) in [6.45, 7) is 3.17. The third-order valence-electron chi connectivity index (χ3n) is 2.14. The molecule has 0 radical (unpaired) electrons. The molecule has 0 spiro atoms. The van der Waals surface area contributed by atoms with Crippen molar-refractivity contribution in [1.82, 2.24) is 0 Å². The second-order valence-electron chi connectivity index (χ2n) is 3.13. The van der Waals surface area contributed by atoms with Gasteiger partial charge in [-0.2, -0.15) is 11.8 Å². The molecule has 0 saturated carbocycles. The first-order chi connectivity index (χ1) is 5.84. The van der Waals surface area contributed by atoms with Crippen LogP contribution in [0.5, 0.6) is 0 Å². The van der Waals surface area contributed by atoms with Gasteiger partial charge in [0, 0.05) is 11.9 Å². The van der Waals surface area contributed by atoms with Crippen molar-refractivity contribution in [2.75, 3.05) is 19.0 Å². The first-order valence-electron chi connectivity index (χ1n) is 4.72. The monoisotopic (exact) mass is 190 g/mol. The Hall–Kier alpha value is 0.270. The van der Waals surface area contributed by atoms with Crippen molar-refractivity contribution in [3.63, 3.8) is 0 Å². The van der Waals surface area contributed by atoms with Crippen molar-refractivity contribution < 1.29 is 9.84 Å². The Morgan fingerprint density at radius 2 is 2.42 bits per heavy atom. The van der Waals surface area contributed by atoms with Crippen LogP contribution in [0.15, 0.2) is 0 Å². The predicted molar refractivity (Wildman–Crippen MR) is 52.6 cm³/mol. The fraction of sp³-hybridized carbons (Fsp3) is 1.00. The topological polar surface area (TPSA) is 29.5 Å². The molecule has 1 heterocycles. The molecule has 3 heteroatoms. The Kier molecular flexibility index (Phi) is 5.04. The van der Waals surface area contributed by atoms with Gasteiger partial charge in [0.25, 0.3) is 0 Å². The molecular formula is C9H18O2S. The van der Waals surface area contributed by atoms with Gasteiger partial charge < -0.3 is 9.84 Å². The van der Waals surface area contributed by atoms with Gasteiger partial charge in [-0.05, 0) is 25.5 Å². The lowest BCUT2D eigenvalue weighted by molar-refractivity contribution is 0.0398. The molecule has 1 rings (SSSR count). The van der Waals surface area contributed by atoms with Crippen LogP contribution in [0.4, 0.5) is 0 Å². The van der Waals surface area contributed by atoms with E-state index < -0.39 is 0 Å². The van der Waals surface area contributed by atoms with E-state index in [2.05, 4.69) is 0 Å². The molecule has 12 heavy (non-hydrogen) atoms. The van der Waals surface area contributed by atoms with E-state index in [4.69, 9.17) is 4.74 Å². The first-order valence-corrected chi connectivity index (χ1v) is 5.77. The molecular weight excluding hydrogens is 172 g/mol. The molecule has 2 nitrogen and oxygen atoms in total. The third-order valence-corrected chi connectivity index (χ3v) is 3.64. The Bertz CT molecular complexity index is 113.